The van der Waals surface area contributed by atoms with Crippen molar-refractivity contribution >= 4 is 29.1 Å². The Hall–Kier alpha value is -0.840. The average molecular weight is 280 g/mol. The fourth-order valence-electron chi connectivity index (χ4n) is 1.20. The van der Waals surface area contributed by atoms with Gasteiger partial charge in [0.2, 0.25) is 0 Å². The molecule has 0 aliphatic heterocycles. The third-order valence-corrected chi connectivity index (χ3v) is 3.09. The van der Waals surface area contributed by atoms with E-state index in [4.69, 9.17) is 28.3 Å². The van der Waals surface area contributed by atoms with Crippen LogP contribution in [-0.2, 0) is 0 Å². The molecular formula is C11H12Cl2FNO2. The molecule has 0 aliphatic rings. The predicted molar refractivity (Wildman–Crippen MR) is 65.1 cm³/mol. The van der Waals surface area contributed by atoms with Gasteiger partial charge in [0.1, 0.15) is 5.82 Å². The van der Waals surface area contributed by atoms with Crippen LogP contribution in [0.15, 0.2) is 12.1 Å². The molecule has 1 unspecified atom stereocenters. The number of amides is 1. The van der Waals surface area contributed by atoms with Crippen LogP contribution in [0.5, 0.6) is 0 Å². The highest BCUT2D eigenvalue weighted by Gasteiger charge is 2.20. The summed E-state index contributed by atoms with van der Waals surface area (Å²) in [6.45, 7) is 1.48. The summed E-state index contributed by atoms with van der Waals surface area (Å²) in [6, 6.07) is 1.80. The highest BCUT2D eigenvalue weighted by atomic mass is 35.5. The van der Waals surface area contributed by atoms with E-state index in [1.165, 1.54) is 18.0 Å². The van der Waals surface area contributed by atoms with Crippen LogP contribution >= 0.6 is 23.2 Å². The maximum Gasteiger partial charge on any atom is 0.255 e. The van der Waals surface area contributed by atoms with Crippen molar-refractivity contribution in [2.45, 2.75) is 13.0 Å². The molecule has 0 aromatic heterocycles. The monoisotopic (exact) mass is 279 g/mol. The highest BCUT2D eigenvalue weighted by molar-refractivity contribution is 6.36. The van der Waals surface area contributed by atoms with Crippen molar-refractivity contribution in [1.82, 2.24) is 4.90 Å². The molecule has 0 spiro atoms. The van der Waals surface area contributed by atoms with Crippen molar-refractivity contribution in [1.29, 1.82) is 0 Å². The first-order chi connectivity index (χ1) is 7.88. The minimum atomic E-state index is -0.704. The summed E-state index contributed by atoms with van der Waals surface area (Å²) in [6.07, 6.45) is 0. The zero-order valence-electron chi connectivity index (χ0n) is 9.38. The summed E-state index contributed by atoms with van der Waals surface area (Å²) in [5.41, 5.74) is 0.0244. The number of hydrogen-bond donors (Lipinski definition) is 1. The van der Waals surface area contributed by atoms with Crippen LogP contribution in [0.25, 0.3) is 0 Å². The van der Waals surface area contributed by atoms with E-state index in [0.717, 1.165) is 6.07 Å². The lowest BCUT2D eigenvalue weighted by atomic mass is 10.1. The third kappa shape index (κ3) is 3.09. The number of halogens is 3. The normalized spacial score (nSPS) is 12.4. The first kappa shape index (κ1) is 14.2. The van der Waals surface area contributed by atoms with Crippen molar-refractivity contribution < 1.29 is 14.3 Å². The van der Waals surface area contributed by atoms with Crippen LogP contribution in [0.3, 0.4) is 0 Å². The lowest BCUT2D eigenvalue weighted by Gasteiger charge is -2.23. The molecule has 3 nitrogen and oxygen atoms in total. The van der Waals surface area contributed by atoms with Gasteiger partial charge in [-0.2, -0.15) is 0 Å². The summed E-state index contributed by atoms with van der Waals surface area (Å²) in [5, 5.41) is 8.89. The molecule has 0 fully saturated rings. The van der Waals surface area contributed by atoms with Crippen LogP contribution in [-0.4, -0.2) is 35.6 Å². The first-order valence-electron chi connectivity index (χ1n) is 4.91. The predicted octanol–water partition coefficient (Wildman–Crippen LogP) is 2.59. The smallest absolute Gasteiger partial charge is 0.255 e. The molecule has 6 heteroatoms. The number of aliphatic hydroxyl groups is 1. The minimum absolute atomic E-state index is 0.0244. The van der Waals surface area contributed by atoms with Crippen molar-refractivity contribution in [2.24, 2.45) is 0 Å². The number of benzene rings is 1. The van der Waals surface area contributed by atoms with Gasteiger partial charge in [0, 0.05) is 7.05 Å². The van der Waals surface area contributed by atoms with Crippen LogP contribution in [0.2, 0.25) is 10.0 Å². The zero-order valence-corrected chi connectivity index (χ0v) is 10.9. The molecule has 0 radical (unpaired) electrons. The molecule has 1 N–H and O–H groups in total. The highest BCUT2D eigenvalue weighted by Crippen LogP contribution is 2.25. The maximum atomic E-state index is 13.3. The SMILES string of the molecule is CC(CO)N(C)C(=O)c1cc(F)c(Cl)cc1Cl. The molecular weight excluding hydrogens is 268 g/mol. The van der Waals surface area contributed by atoms with Crippen molar-refractivity contribution in [2.75, 3.05) is 13.7 Å². The summed E-state index contributed by atoms with van der Waals surface area (Å²) in [5.74, 6) is -1.17. The van der Waals surface area contributed by atoms with Gasteiger partial charge in [0.15, 0.2) is 0 Å². The van der Waals surface area contributed by atoms with E-state index < -0.39 is 11.7 Å². The maximum absolute atomic E-state index is 13.3. The van der Waals surface area contributed by atoms with E-state index in [1.54, 1.807) is 6.92 Å². The Bertz CT molecular complexity index is 440. The number of hydrogen-bond acceptors (Lipinski definition) is 2. The fourth-order valence-corrected chi connectivity index (χ4v) is 1.66. The number of likely N-dealkylation sites (N-methyl/N-ethyl adjacent to an activating group) is 1. The van der Waals surface area contributed by atoms with Crippen molar-refractivity contribution in [3.63, 3.8) is 0 Å². The standard InChI is InChI=1S/C11H12Cl2FNO2/c1-6(5-16)15(2)11(17)7-3-10(14)9(13)4-8(7)12/h3-4,6,16H,5H2,1-2H3. The van der Waals surface area contributed by atoms with Crippen LogP contribution in [0, 0.1) is 5.82 Å². The van der Waals surface area contributed by atoms with Gasteiger partial charge >= 0.3 is 0 Å². The Morgan fingerprint density at radius 3 is 2.59 bits per heavy atom. The molecule has 1 aromatic rings. The van der Waals surface area contributed by atoms with Crippen molar-refractivity contribution in [3.05, 3.63) is 33.6 Å². The van der Waals surface area contributed by atoms with Gasteiger partial charge in [-0.3, -0.25) is 4.79 Å². The number of carbonyl (C=O) groups is 1. The average Bonchev–Trinajstić information content (AvgIpc) is 2.31. The molecule has 94 valence electrons. The van der Waals surface area contributed by atoms with E-state index in [-0.39, 0.29) is 28.3 Å². The summed E-state index contributed by atoms with van der Waals surface area (Å²) >= 11 is 11.4. The van der Waals surface area contributed by atoms with Gasteiger partial charge in [0.05, 0.1) is 28.3 Å². The molecule has 0 saturated carbocycles. The number of aliphatic hydroxyl groups excluding tert-OH is 1. The zero-order chi connectivity index (χ0) is 13.2. The second-order valence-electron chi connectivity index (χ2n) is 3.69. The van der Waals surface area contributed by atoms with Crippen LogP contribution in [0.4, 0.5) is 4.39 Å². The lowest BCUT2D eigenvalue weighted by Crippen LogP contribution is -2.37. The van der Waals surface area contributed by atoms with E-state index >= 15 is 0 Å². The molecule has 1 aromatic carbocycles. The molecule has 0 heterocycles. The van der Waals surface area contributed by atoms with Gasteiger partial charge in [-0.25, -0.2) is 4.39 Å². The Labute approximate surface area is 109 Å². The Balaban J connectivity index is 3.08. The Kier molecular flexibility index (Phi) is 4.74. The quantitative estimate of drug-likeness (QED) is 0.864. The van der Waals surface area contributed by atoms with Crippen LogP contribution < -0.4 is 0 Å². The van der Waals surface area contributed by atoms with E-state index in [2.05, 4.69) is 0 Å². The summed E-state index contributed by atoms with van der Waals surface area (Å²) in [4.78, 5) is 13.2. The number of nitrogens with zero attached hydrogens (tertiary/aromatic N) is 1. The topological polar surface area (TPSA) is 40.5 Å². The van der Waals surface area contributed by atoms with Crippen LogP contribution in [0.1, 0.15) is 17.3 Å². The van der Waals surface area contributed by atoms with Gasteiger partial charge in [0.25, 0.3) is 5.91 Å². The third-order valence-electron chi connectivity index (χ3n) is 2.49. The van der Waals surface area contributed by atoms with Gasteiger partial charge in [-0.1, -0.05) is 23.2 Å². The van der Waals surface area contributed by atoms with Gasteiger partial charge in [-0.05, 0) is 19.1 Å². The second-order valence-corrected chi connectivity index (χ2v) is 4.51. The fraction of sp³-hybridized carbons (Fsp3) is 0.364. The number of carbonyl (C=O) groups excluding carboxylic acids is 1. The van der Waals surface area contributed by atoms with E-state index in [1.807, 2.05) is 0 Å². The van der Waals surface area contributed by atoms with E-state index in [9.17, 15) is 9.18 Å². The Morgan fingerprint density at radius 1 is 1.47 bits per heavy atom. The Morgan fingerprint density at radius 2 is 2.06 bits per heavy atom. The molecule has 1 rings (SSSR count). The van der Waals surface area contributed by atoms with Crippen molar-refractivity contribution in [3.8, 4) is 0 Å². The second kappa shape index (κ2) is 5.67. The largest absolute Gasteiger partial charge is 0.394 e. The minimum Gasteiger partial charge on any atom is -0.394 e. The summed E-state index contributed by atoms with van der Waals surface area (Å²) < 4.78 is 13.3. The molecule has 17 heavy (non-hydrogen) atoms. The molecule has 1 amide bonds. The first-order valence-corrected chi connectivity index (χ1v) is 5.66. The van der Waals surface area contributed by atoms with E-state index in [0.29, 0.717) is 0 Å². The molecule has 1 atom stereocenters. The summed E-state index contributed by atoms with van der Waals surface area (Å²) in [7, 11) is 1.51. The lowest BCUT2D eigenvalue weighted by molar-refractivity contribution is 0.0682. The number of rotatable bonds is 3. The van der Waals surface area contributed by atoms with Gasteiger partial charge in [-0.15, -0.1) is 0 Å². The van der Waals surface area contributed by atoms with Gasteiger partial charge < -0.3 is 10.0 Å². The molecule has 0 saturated heterocycles. The molecule has 0 bridgehead atoms. The molecule has 0 aliphatic carbocycles.